The molecule has 0 radical (unpaired) electrons. The van der Waals surface area contributed by atoms with Crippen molar-refractivity contribution >= 4 is 12.0 Å². The molecule has 1 aromatic rings. The van der Waals surface area contributed by atoms with Gasteiger partial charge in [-0.25, -0.2) is 4.79 Å². The van der Waals surface area contributed by atoms with Crippen LogP contribution in [0, 0.1) is 0 Å². The van der Waals surface area contributed by atoms with Gasteiger partial charge in [0.15, 0.2) is 0 Å². The molecule has 3 heteroatoms. The summed E-state index contributed by atoms with van der Waals surface area (Å²) in [6.07, 6.45) is 1.49. The Labute approximate surface area is 76.3 Å². The number of rotatable bonds is 2. The average Bonchev–Trinajstić information content (AvgIpc) is 2.16. The minimum Gasteiger partial charge on any atom is -0.507 e. The van der Waals surface area contributed by atoms with Crippen molar-refractivity contribution in [1.29, 1.82) is 0 Å². The number of carbonyl (C=O) groups is 1. The number of hydrogen-bond donors (Lipinski definition) is 1. The molecule has 0 bridgehead atoms. The summed E-state index contributed by atoms with van der Waals surface area (Å²) in [7, 11) is 1.27. The van der Waals surface area contributed by atoms with Crippen molar-refractivity contribution in [3.8, 4) is 5.75 Å². The Morgan fingerprint density at radius 1 is 1.62 bits per heavy atom. The molecule has 0 unspecified atom stereocenters. The topological polar surface area (TPSA) is 46.5 Å². The molecular formula is C10H10O3. The van der Waals surface area contributed by atoms with Crippen LogP contribution < -0.4 is 0 Å². The largest absolute Gasteiger partial charge is 0.507 e. The molecule has 1 aromatic carbocycles. The fourth-order valence-corrected chi connectivity index (χ4v) is 1.05. The van der Waals surface area contributed by atoms with Crippen molar-refractivity contribution in [2.75, 3.05) is 7.11 Å². The Morgan fingerprint density at radius 2 is 2.31 bits per heavy atom. The van der Waals surface area contributed by atoms with Gasteiger partial charge in [-0.15, -0.1) is 0 Å². The predicted octanol–water partition coefficient (Wildman–Crippen LogP) is 1.82. The number of carbonyl (C=O) groups excluding carboxylic acids is 1. The molecule has 0 aromatic heterocycles. The quantitative estimate of drug-likeness (QED) is 0.702. The first-order valence-electron chi connectivity index (χ1n) is 3.73. The van der Waals surface area contributed by atoms with Crippen molar-refractivity contribution in [3.63, 3.8) is 0 Å². The molecule has 0 amide bonds. The van der Waals surface area contributed by atoms with Crippen LogP contribution in [-0.2, 0) is 4.74 Å². The van der Waals surface area contributed by atoms with Crippen LogP contribution in [0.25, 0.3) is 6.08 Å². The molecule has 0 fully saturated rings. The van der Waals surface area contributed by atoms with Gasteiger partial charge in [-0.05, 0) is 11.6 Å². The summed E-state index contributed by atoms with van der Waals surface area (Å²) in [5, 5.41) is 9.38. The summed E-state index contributed by atoms with van der Waals surface area (Å²) in [6, 6.07) is 4.75. The van der Waals surface area contributed by atoms with Gasteiger partial charge in [0.05, 0.1) is 7.11 Å². The lowest BCUT2D eigenvalue weighted by Crippen LogP contribution is -2.03. The van der Waals surface area contributed by atoms with E-state index in [1.54, 1.807) is 12.1 Å². The summed E-state index contributed by atoms with van der Waals surface area (Å²) in [5.41, 5.74) is 0.715. The molecule has 0 heterocycles. The van der Waals surface area contributed by atoms with Crippen LogP contribution in [0.1, 0.15) is 15.9 Å². The third-order valence-corrected chi connectivity index (χ3v) is 1.68. The molecule has 0 saturated carbocycles. The van der Waals surface area contributed by atoms with Gasteiger partial charge in [-0.1, -0.05) is 24.8 Å². The number of benzene rings is 1. The third kappa shape index (κ3) is 1.69. The van der Waals surface area contributed by atoms with E-state index in [1.165, 1.54) is 19.3 Å². The number of aromatic hydroxyl groups is 1. The Balaban J connectivity index is 3.30. The molecule has 0 atom stereocenters. The molecule has 13 heavy (non-hydrogen) atoms. The monoisotopic (exact) mass is 178 g/mol. The van der Waals surface area contributed by atoms with E-state index in [2.05, 4.69) is 11.3 Å². The Kier molecular flexibility index (Phi) is 2.69. The standard InChI is InChI=1S/C10H10O3/c1-3-7-5-4-6-8(11)9(7)10(12)13-2/h3-6,11H,1H2,2H3. The maximum atomic E-state index is 11.2. The van der Waals surface area contributed by atoms with Crippen molar-refractivity contribution < 1.29 is 14.6 Å². The lowest BCUT2D eigenvalue weighted by atomic mass is 10.1. The molecule has 0 aliphatic carbocycles. The average molecular weight is 178 g/mol. The Morgan fingerprint density at radius 3 is 2.85 bits per heavy atom. The minimum absolute atomic E-state index is 0.0933. The molecule has 0 aliphatic rings. The second-order valence-corrected chi connectivity index (χ2v) is 2.44. The van der Waals surface area contributed by atoms with E-state index >= 15 is 0 Å². The van der Waals surface area contributed by atoms with Gasteiger partial charge in [0.25, 0.3) is 0 Å². The van der Waals surface area contributed by atoms with Crippen molar-refractivity contribution in [1.82, 2.24) is 0 Å². The molecule has 1 N–H and O–H groups in total. The highest BCUT2D eigenvalue weighted by atomic mass is 16.5. The van der Waals surface area contributed by atoms with Crippen molar-refractivity contribution in [2.24, 2.45) is 0 Å². The normalized spacial score (nSPS) is 9.31. The summed E-state index contributed by atoms with van der Waals surface area (Å²) in [4.78, 5) is 11.2. The van der Waals surface area contributed by atoms with Crippen LogP contribution in [0.2, 0.25) is 0 Å². The Hall–Kier alpha value is -1.77. The highest BCUT2D eigenvalue weighted by Crippen LogP contribution is 2.22. The zero-order valence-corrected chi connectivity index (χ0v) is 7.28. The van der Waals surface area contributed by atoms with Gasteiger partial charge in [-0.2, -0.15) is 0 Å². The van der Waals surface area contributed by atoms with Gasteiger partial charge in [0, 0.05) is 0 Å². The minimum atomic E-state index is -0.562. The number of ether oxygens (including phenoxy) is 1. The fourth-order valence-electron chi connectivity index (χ4n) is 1.05. The maximum Gasteiger partial charge on any atom is 0.342 e. The van der Waals surface area contributed by atoms with Gasteiger partial charge >= 0.3 is 5.97 Å². The van der Waals surface area contributed by atoms with Crippen molar-refractivity contribution in [3.05, 3.63) is 35.9 Å². The lowest BCUT2D eigenvalue weighted by molar-refractivity contribution is 0.0597. The van der Waals surface area contributed by atoms with E-state index in [-0.39, 0.29) is 11.3 Å². The van der Waals surface area contributed by atoms with E-state index < -0.39 is 5.97 Å². The first-order chi connectivity index (χ1) is 6.20. The van der Waals surface area contributed by atoms with E-state index in [9.17, 15) is 9.90 Å². The SMILES string of the molecule is C=Cc1cccc(O)c1C(=O)OC. The number of hydrogen-bond acceptors (Lipinski definition) is 3. The van der Waals surface area contributed by atoms with Crippen LogP contribution in [0.4, 0.5) is 0 Å². The first kappa shape index (κ1) is 9.32. The highest BCUT2D eigenvalue weighted by Gasteiger charge is 2.14. The fraction of sp³-hybridized carbons (Fsp3) is 0.100. The van der Waals surface area contributed by atoms with Gasteiger partial charge in [-0.3, -0.25) is 0 Å². The Bertz CT molecular complexity index is 342. The van der Waals surface area contributed by atoms with Crippen LogP contribution >= 0.6 is 0 Å². The third-order valence-electron chi connectivity index (χ3n) is 1.68. The van der Waals surface area contributed by atoms with E-state index in [4.69, 9.17) is 0 Å². The zero-order chi connectivity index (χ0) is 9.84. The summed E-state index contributed by atoms with van der Waals surface area (Å²) >= 11 is 0. The number of methoxy groups -OCH3 is 1. The van der Waals surface area contributed by atoms with Crippen molar-refractivity contribution in [2.45, 2.75) is 0 Å². The van der Waals surface area contributed by atoms with Gasteiger partial charge in [0.1, 0.15) is 11.3 Å². The highest BCUT2D eigenvalue weighted by molar-refractivity contribution is 5.96. The van der Waals surface area contributed by atoms with Crippen LogP contribution in [0.15, 0.2) is 24.8 Å². The summed E-state index contributed by atoms with van der Waals surface area (Å²) in [6.45, 7) is 3.53. The van der Waals surface area contributed by atoms with Crippen LogP contribution in [0.5, 0.6) is 5.75 Å². The number of phenols is 1. The molecule has 3 nitrogen and oxygen atoms in total. The van der Waals surface area contributed by atoms with E-state index in [0.29, 0.717) is 5.56 Å². The number of phenolic OH excluding ortho intramolecular Hbond substituents is 1. The molecular weight excluding hydrogens is 168 g/mol. The smallest absolute Gasteiger partial charge is 0.342 e. The van der Waals surface area contributed by atoms with E-state index in [1.807, 2.05) is 0 Å². The molecule has 0 aliphatic heterocycles. The molecule has 1 rings (SSSR count). The first-order valence-corrected chi connectivity index (χ1v) is 3.73. The predicted molar refractivity (Wildman–Crippen MR) is 49.5 cm³/mol. The summed E-state index contributed by atoms with van der Waals surface area (Å²) < 4.78 is 4.51. The zero-order valence-electron chi connectivity index (χ0n) is 7.28. The van der Waals surface area contributed by atoms with E-state index in [0.717, 1.165) is 0 Å². The summed E-state index contributed by atoms with van der Waals surface area (Å²) in [5.74, 6) is -0.655. The van der Waals surface area contributed by atoms with Crippen LogP contribution in [0.3, 0.4) is 0 Å². The van der Waals surface area contributed by atoms with Gasteiger partial charge < -0.3 is 9.84 Å². The molecule has 0 saturated heterocycles. The van der Waals surface area contributed by atoms with Gasteiger partial charge in [0.2, 0.25) is 0 Å². The maximum absolute atomic E-state index is 11.2. The second-order valence-electron chi connectivity index (χ2n) is 2.44. The molecule has 0 spiro atoms. The van der Waals surface area contributed by atoms with Crippen LogP contribution in [-0.4, -0.2) is 18.2 Å². The second kappa shape index (κ2) is 3.76. The molecule has 68 valence electrons. The lowest BCUT2D eigenvalue weighted by Gasteiger charge is -2.05. The number of esters is 1.